The van der Waals surface area contributed by atoms with Gasteiger partial charge in [-0.15, -0.1) is 11.3 Å². The summed E-state index contributed by atoms with van der Waals surface area (Å²) in [5.41, 5.74) is 0.630. The minimum Gasteiger partial charge on any atom is -0.326 e. The van der Waals surface area contributed by atoms with Gasteiger partial charge in [0.25, 0.3) is 5.91 Å². The Morgan fingerprint density at radius 1 is 1.17 bits per heavy atom. The summed E-state index contributed by atoms with van der Waals surface area (Å²) in [6.07, 6.45) is 6.99. The fourth-order valence-electron chi connectivity index (χ4n) is 3.10. The first-order chi connectivity index (χ1) is 11.7. The Labute approximate surface area is 145 Å². The van der Waals surface area contributed by atoms with Gasteiger partial charge in [0.1, 0.15) is 6.54 Å². The summed E-state index contributed by atoms with van der Waals surface area (Å²) in [6.45, 7) is 0.0674. The number of thiazole rings is 1. The molecule has 2 aromatic rings. The number of hydrogen-bond donors (Lipinski definition) is 1. The molecule has 1 aromatic heterocycles. The second kappa shape index (κ2) is 8.06. The molecule has 0 atom stereocenters. The largest absolute Gasteiger partial charge is 0.326 e. The normalized spacial score (nSPS) is 15.0. The van der Waals surface area contributed by atoms with Crippen molar-refractivity contribution < 1.29 is 9.59 Å². The molecule has 1 aliphatic rings. The van der Waals surface area contributed by atoms with Gasteiger partial charge in [-0.2, -0.15) is 0 Å². The molecule has 3 rings (SSSR count). The lowest BCUT2D eigenvalue weighted by atomic mass is 9.93. The number of carbonyl (C=O) groups is 2. The van der Waals surface area contributed by atoms with Gasteiger partial charge in [-0.25, -0.2) is 4.98 Å². The number of anilines is 1. The highest BCUT2D eigenvalue weighted by molar-refractivity contribution is 7.13. The van der Waals surface area contributed by atoms with Crippen LogP contribution in [0.15, 0.2) is 41.9 Å². The molecule has 0 saturated heterocycles. The van der Waals surface area contributed by atoms with Crippen molar-refractivity contribution >= 4 is 28.3 Å². The third kappa shape index (κ3) is 4.20. The minimum atomic E-state index is -0.195. The average molecular weight is 343 g/mol. The van der Waals surface area contributed by atoms with E-state index in [0.29, 0.717) is 10.7 Å². The maximum atomic E-state index is 12.9. The van der Waals surface area contributed by atoms with Crippen LogP contribution in [0.25, 0.3) is 0 Å². The van der Waals surface area contributed by atoms with Gasteiger partial charge < -0.3 is 10.2 Å². The number of rotatable bonds is 5. The number of hydrogen-bond acceptors (Lipinski definition) is 4. The van der Waals surface area contributed by atoms with Crippen molar-refractivity contribution in [2.45, 2.75) is 38.1 Å². The van der Waals surface area contributed by atoms with Crippen molar-refractivity contribution in [3.8, 4) is 0 Å². The Hall–Kier alpha value is -2.21. The van der Waals surface area contributed by atoms with Gasteiger partial charge in [0, 0.05) is 23.2 Å². The Balaban J connectivity index is 1.74. The Bertz CT molecular complexity index is 667. The predicted octanol–water partition coefficient (Wildman–Crippen LogP) is 3.56. The van der Waals surface area contributed by atoms with E-state index < -0.39 is 0 Å². The molecule has 2 amide bonds. The Kier molecular flexibility index (Phi) is 5.59. The van der Waals surface area contributed by atoms with Crippen LogP contribution < -0.4 is 5.32 Å². The maximum absolute atomic E-state index is 12.9. The fourth-order valence-corrected chi connectivity index (χ4v) is 3.65. The SMILES string of the molecule is O=C(CN(C(=O)c1ccccc1)C1CCCCC1)Nc1nccs1. The zero-order valence-corrected chi connectivity index (χ0v) is 14.3. The summed E-state index contributed by atoms with van der Waals surface area (Å²) in [5.74, 6) is -0.267. The van der Waals surface area contributed by atoms with Gasteiger partial charge in [0.15, 0.2) is 5.13 Å². The number of aromatic nitrogens is 1. The zero-order chi connectivity index (χ0) is 16.8. The van der Waals surface area contributed by atoms with E-state index in [4.69, 9.17) is 0 Å². The number of amides is 2. The van der Waals surface area contributed by atoms with E-state index in [1.54, 1.807) is 23.2 Å². The molecule has 5 nitrogen and oxygen atoms in total. The molecular formula is C18H21N3O2S. The zero-order valence-electron chi connectivity index (χ0n) is 13.5. The van der Waals surface area contributed by atoms with Crippen molar-refractivity contribution in [3.05, 3.63) is 47.5 Å². The molecule has 0 bridgehead atoms. The molecule has 1 heterocycles. The summed E-state index contributed by atoms with van der Waals surface area (Å²) in [4.78, 5) is 31.1. The highest BCUT2D eigenvalue weighted by Crippen LogP contribution is 2.24. The molecule has 126 valence electrons. The van der Waals surface area contributed by atoms with E-state index in [-0.39, 0.29) is 24.4 Å². The van der Waals surface area contributed by atoms with Gasteiger partial charge in [0.05, 0.1) is 0 Å². The fraction of sp³-hybridized carbons (Fsp3) is 0.389. The maximum Gasteiger partial charge on any atom is 0.254 e. The third-order valence-corrected chi connectivity index (χ3v) is 4.98. The lowest BCUT2D eigenvalue weighted by molar-refractivity contribution is -0.117. The first-order valence-electron chi connectivity index (χ1n) is 8.29. The highest BCUT2D eigenvalue weighted by Gasteiger charge is 2.28. The van der Waals surface area contributed by atoms with E-state index >= 15 is 0 Å². The number of carbonyl (C=O) groups excluding carboxylic acids is 2. The summed E-state index contributed by atoms with van der Waals surface area (Å²) >= 11 is 1.37. The van der Waals surface area contributed by atoms with Crippen molar-refractivity contribution in [3.63, 3.8) is 0 Å². The van der Waals surface area contributed by atoms with Crippen molar-refractivity contribution in [1.29, 1.82) is 0 Å². The number of nitrogens with one attached hydrogen (secondary N) is 1. The number of benzene rings is 1. The summed E-state index contributed by atoms with van der Waals surface area (Å²) < 4.78 is 0. The Morgan fingerprint density at radius 3 is 2.58 bits per heavy atom. The molecule has 24 heavy (non-hydrogen) atoms. The van der Waals surface area contributed by atoms with Crippen LogP contribution in [-0.4, -0.2) is 34.3 Å². The van der Waals surface area contributed by atoms with Crippen LogP contribution in [0.2, 0.25) is 0 Å². The highest BCUT2D eigenvalue weighted by atomic mass is 32.1. The molecule has 1 N–H and O–H groups in total. The monoisotopic (exact) mass is 343 g/mol. The first-order valence-corrected chi connectivity index (χ1v) is 9.17. The second-order valence-electron chi connectivity index (χ2n) is 5.98. The second-order valence-corrected chi connectivity index (χ2v) is 6.87. The van der Waals surface area contributed by atoms with Gasteiger partial charge in [-0.05, 0) is 25.0 Å². The van der Waals surface area contributed by atoms with Crippen LogP contribution in [0.5, 0.6) is 0 Å². The third-order valence-electron chi connectivity index (χ3n) is 4.29. The molecule has 1 aliphatic carbocycles. The molecule has 0 radical (unpaired) electrons. The van der Waals surface area contributed by atoms with Crippen LogP contribution in [0.1, 0.15) is 42.5 Å². The van der Waals surface area contributed by atoms with Crippen molar-refractivity contribution in [2.75, 3.05) is 11.9 Å². The standard InChI is InChI=1S/C18H21N3O2S/c22-16(20-18-19-11-12-24-18)13-21(15-9-5-2-6-10-15)17(23)14-7-3-1-4-8-14/h1,3-4,7-8,11-12,15H,2,5-6,9-10,13H2,(H,19,20,22). The van der Waals surface area contributed by atoms with E-state index in [1.165, 1.54) is 17.8 Å². The summed E-state index contributed by atoms with van der Waals surface area (Å²) in [6, 6.07) is 9.32. The van der Waals surface area contributed by atoms with Crippen molar-refractivity contribution in [1.82, 2.24) is 9.88 Å². The van der Waals surface area contributed by atoms with E-state index in [2.05, 4.69) is 10.3 Å². The molecule has 0 aliphatic heterocycles. The topological polar surface area (TPSA) is 62.3 Å². The lowest BCUT2D eigenvalue weighted by Gasteiger charge is -2.34. The molecule has 6 heteroatoms. The van der Waals surface area contributed by atoms with Gasteiger partial charge in [-0.1, -0.05) is 37.5 Å². The molecule has 1 fully saturated rings. The van der Waals surface area contributed by atoms with Crippen molar-refractivity contribution in [2.24, 2.45) is 0 Å². The molecule has 1 saturated carbocycles. The lowest BCUT2D eigenvalue weighted by Crippen LogP contribution is -2.45. The van der Waals surface area contributed by atoms with E-state index in [0.717, 1.165) is 25.7 Å². The number of nitrogens with zero attached hydrogens (tertiary/aromatic N) is 2. The van der Waals surface area contributed by atoms with E-state index in [1.807, 2.05) is 23.6 Å². The minimum absolute atomic E-state index is 0.0674. The molecule has 0 spiro atoms. The average Bonchev–Trinajstić information content (AvgIpc) is 3.13. The van der Waals surface area contributed by atoms with Gasteiger partial charge in [0.2, 0.25) is 5.91 Å². The van der Waals surface area contributed by atoms with Crippen LogP contribution in [0, 0.1) is 0 Å². The Morgan fingerprint density at radius 2 is 1.92 bits per heavy atom. The van der Waals surface area contributed by atoms with Gasteiger partial charge >= 0.3 is 0 Å². The molecular weight excluding hydrogens is 322 g/mol. The summed E-state index contributed by atoms with van der Waals surface area (Å²) in [5, 5.41) is 5.15. The first kappa shape index (κ1) is 16.6. The molecule has 0 unspecified atom stereocenters. The van der Waals surface area contributed by atoms with Crippen LogP contribution in [-0.2, 0) is 4.79 Å². The van der Waals surface area contributed by atoms with Crippen LogP contribution in [0.3, 0.4) is 0 Å². The molecule has 1 aromatic carbocycles. The summed E-state index contributed by atoms with van der Waals surface area (Å²) in [7, 11) is 0. The van der Waals surface area contributed by atoms with Crippen LogP contribution in [0.4, 0.5) is 5.13 Å². The predicted molar refractivity (Wildman–Crippen MR) is 95.1 cm³/mol. The van der Waals surface area contributed by atoms with E-state index in [9.17, 15) is 9.59 Å². The van der Waals surface area contributed by atoms with Gasteiger partial charge in [-0.3, -0.25) is 9.59 Å². The van der Waals surface area contributed by atoms with Crippen LogP contribution >= 0.6 is 11.3 Å². The quantitative estimate of drug-likeness (QED) is 0.903. The smallest absolute Gasteiger partial charge is 0.254 e.